The second-order valence-corrected chi connectivity index (χ2v) is 6.14. The highest BCUT2D eigenvalue weighted by atomic mass is 35.5. The van der Waals surface area contributed by atoms with Crippen molar-refractivity contribution in [3.63, 3.8) is 0 Å². The smallest absolute Gasteiger partial charge is 0.0541 e. The lowest BCUT2D eigenvalue weighted by molar-refractivity contribution is 0.688. The first-order valence-corrected chi connectivity index (χ1v) is 7.83. The van der Waals surface area contributed by atoms with Crippen LogP contribution in [0.3, 0.4) is 0 Å². The van der Waals surface area contributed by atoms with Gasteiger partial charge in [-0.15, -0.1) is 0 Å². The van der Waals surface area contributed by atoms with Crippen LogP contribution in [0.2, 0.25) is 10.0 Å². The van der Waals surface area contributed by atoms with Gasteiger partial charge in [0.05, 0.1) is 16.6 Å². The molecule has 1 nitrogen and oxygen atoms in total. The van der Waals surface area contributed by atoms with E-state index in [1.54, 1.807) is 23.6 Å². The highest BCUT2D eigenvalue weighted by molar-refractivity contribution is 7.87. The van der Waals surface area contributed by atoms with Gasteiger partial charge in [-0.2, -0.15) is 0 Å². The van der Waals surface area contributed by atoms with E-state index in [2.05, 4.69) is 0 Å². The highest BCUT2D eigenvalue weighted by Gasteiger charge is 2.02. The molecule has 0 radical (unpaired) electrons. The lowest BCUT2D eigenvalue weighted by Crippen LogP contribution is -1.92. The van der Waals surface area contributed by atoms with Crippen molar-refractivity contribution in [2.45, 2.75) is 5.75 Å². The van der Waals surface area contributed by atoms with E-state index < -0.39 is 10.8 Å². The van der Waals surface area contributed by atoms with Crippen molar-refractivity contribution in [2.75, 3.05) is 0 Å². The van der Waals surface area contributed by atoms with Crippen LogP contribution in [-0.4, -0.2) is 4.21 Å². The molecule has 0 heterocycles. The molecule has 0 aromatic heterocycles. The number of rotatable bonds is 4. The first kappa shape index (κ1) is 14.3. The monoisotopic (exact) mass is 310 g/mol. The summed E-state index contributed by atoms with van der Waals surface area (Å²) in [5.41, 5.74) is 1.86. The third kappa shape index (κ3) is 4.50. The Balaban J connectivity index is 2.02. The zero-order valence-electron chi connectivity index (χ0n) is 10.1. The van der Waals surface area contributed by atoms with Gasteiger partial charge in [-0.1, -0.05) is 53.5 Å². The fraction of sp³-hybridized carbons (Fsp3) is 0.0667. The van der Waals surface area contributed by atoms with E-state index >= 15 is 0 Å². The molecule has 0 bridgehead atoms. The van der Waals surface area contributed by atoms with E-state index in [-0.39, 0.29) is 0 Å². The molecule has 0 aliphatic rings. The number of hydrogen-bond acceptors (Lipinski definition) is 1. The van der Waals surface area contributed by atoms with Crippen LogP contribution in [-0.2, 0) is 16.6 Å². The van der Waals surface area contributed by atoms with E-state index in [0.29, 0.717) is 15.8 Å². The van der Waals surface area contributed by atoms with Gasteiger partial charge in [-0.05, 0) is 35.4 Å². The zero-order chi connectivity index (χ0) is 13.7. The van der Waals surface area contributed by atoms with Crippen molar-refractivity contribution in [3.8, 4) is 0 Å². The summed E-state index contributed by atoms with van der Waals surface area (Å²) in [4.78, 5) is 0. The first-order chi connectivity index (χ1) is 9.15. The van der Waals surface area contributed by atoms with Crippen LogP contribution in [0.15, 0.2) is 53.9 Å². The second-order valence-electron chi connectivity index (χ2n) is 3.97. The summed E-state index contributed by atoms with van der Waals surface area (Å²) in [6.07, 6.45) is 1.82. The summed E-state index contributed by atoms with van der Waals surface area (Å²) >= 11 is 11.8. The molecular formula is C15H12Cl2OS. The van der Waals surface area contributed by atoms with Crippen molar-refractivity contribution in [2.24, 2.45) is 0 Å². The van der Waals surface area contributed by atoms with Gasteiger partial charge >= 0.3 is 0 Å². The predicted octanol–water partition coefficient (Wildman–Crippen LogP) is 4.91. The number of hydrogen-bond donors (Lipinski definition) is 0. The Bertz CT molecular complexity index is 606. The summed E-state index contributed by atoms with van der Waals surface area (Å²) in [5.74, 6) is 0.420. The molecule has 0 saturated carbocycles. The summed E-state index contributed by atoms with van der Waals surface area (Å²) < 4.78 is 11.9. The van der Waals surface area contributed by atoms with Gasteiger partial charge in [0.25, 0.3) is 0 Å². The zero-order valence-corrected chi connectivity index (χ0v) is 12.4. The van der Waals surface area contributed by atoms with Crippen LogP contribution in [0.1, 0.15) is 11.1 Å². The molecule has 98 valence electrons. The summed E-state index contributed by atoms with van der Waals surface area (Å²) in [7, 11) is -1.09. The quantitative estimate of drug-likeness (QED) is 0.784. The molecule has 1 atom stereocenters. The normalized spacial score (nSPS) is 12.7. The molecule has 0 aliphatic heterocycles. The van der Waals surface area contributed by atoms with E-state index in [9.17, 15) is 4.21 Å². The number of benzene rings is 2. The Labute approximate surface area is 125 Å². The van der Waals surface area contributed by atoms with E-state index in [1.807, 2.05) is 36.4 Å². The van der Waals surface area contributed by atoms with Crippen LogP contribution >= 0.6 is 23.2 Å². The maximum absolute atomic E-state index is 11.9. The molecule has 2 aromatic rings. The standard InChI is InChI=1S/C15H12Cl2OS/c16-14-7-5-12(6-8-14)9-10-19(18)11-13-3-1-2-4-15(13)17/h1-10H,11H2/b10-9-. The molecular weight excluding hydrogens is 299 g/mol. The van der Waals surface area contributed by atoms with Crippen LogP contribution in [0.5, 0.6) is 0 Å². The lowest BCUT2D eigenvalue weighted by atomic mass is 10.2. The molecule has 0 fully saturated rings. The Morgan fingerprint density at radius 1 is 1.00 bits per heavy atom. The fourth-order valence-electron chi connectivity index (χ4n) is 1.55. The minimum Gasteiger partial charge on any atom is -0.255 e. The van der Waals surface area contributed by atoms with Crippen molar-refractivity contribution in [1.82, 2.24) is 0 Å². The van der Waals surface area contributed by atoms with Crippen LogP contribution < -0.4 is 0 Å². The molecule has 0 N–H and O–H groups in total. The van der Waals surface area contributed by atoms with E-state index in [0.717, 1.165) is 11.1 Å². The minimum atomic E-state index is -1.09. The molecule has 2 aromatic carbocycles. The Kier molecular flexibility index (Phi) is 5.20. The molecule has 0 amide bonds. The average Bonchev–Trinajstić information content (AvgIpc) is 2.41. The van der Waals surface area contributed by atoms with Gasteiger partial charge in [0.2, 0.25) is 0 Å². The summed E-state index contributed by atoms with van der Waals surface area (Å²) in [5, 5.41) is 3.01. The molecule has 19 heavy (non-hydrogen) atoms. The lowest BCUT2D eigenvalue weighted by Gasteiger charge is -2.01. The average molecular weight is 311 g/mol. The summed E-state index contributed by atoms with van der Waals surface area (Å²) in [6.45, 7) is 0. The molecule has 0 spiro atoms. The first-order valence-electron chi connectivity index (χ1n) is 5.69. The third-order valence-electron chi connectivity index (χ3n) is 2.54. The topological polar surface area (TPSA) is 17.1 Å². The van der Waals surface area contributed by atoms with Crippen molar-refractivity contribution < 1.29 is 4.21 Å². The molecule has 1 unspecified atom stereocenters. The Morgan fingerprint density at radius 2 is 1.68 bits per heavy atom. The van der Waals surface area contributed by atoms with Gasteiger partial charge in [0.1, 0.15) is 0 Å². The van der Waals surface area contributed by atoms with Gasteiger partial charge in [0.15, 0.2) is 0 Å². The SMILES string of the molecule is O=S(/C=C\c1ccc(Cl)cc1)Cc1ccccc1Cl. The maximum Gasteiger partial charge on any atom is 0.0541 e. The maximum atomic E-state index is 11.9. The molecule has 0 aliphatic carbocycles. The van der Waals surface area contributed by atoms with Gasteiger partial charge < -0.3 is 0 Å². The van der Waals surface area contributed by atoms with Gasteiger partial charge in [-0.25, -0.2) is 0 Å². The Morgan fingerprint density at radius 3 is 2.37 bits per heavy atom. The van der Waals surface area contributed by atoms with Crippen LogP contribution in [0, 0.1) is 0 Å². The van der Waals surface area contributed by atoms with E-state index in [4.69, 9.17) is 23.2 Å². The minimum absolute atomic E-state index is 0.420. The van der Waals surface area contributed by atoms with E-state index in [1.165, 1.54) is 0 Å². The fourth-order valence-corrected chi connectivity index (χ4v) is 2.92. The summed E-state index contributed by atoms with van der Waals surface area (Å²) in [6, 6.07) is 14.8. The van der Waals surface area contributed by atoms with Crippen LogP contribution in [0.4, 0.5) is 0 Å². The van der Waals surface area contributed by atoms with Crippen molar-refractivity contribution in [1.29, 1.82) is 0 Å². The molecule has 2 rings (SSSR count). The van der Waals surface area contributed by atoms with Crippen LogP contribution in [0.25, 0.3) is 6.08 Å². The highest BCUT2D eigenvalue weighted by Crippen LogP contribution is 2.17. The molecule has 0 saturated heterocycles. The van der Waals surface area contributed by atoms with Gasteiger partial charge in [-0.3, -0.25) is 4.21 Å². The van der Waals surface area contributed by atoms with Crippen molar-refractivity contribution in [3.05, 3.63) is 75.1 Å². The Hall–Kier alpha value is -1.09. The third-order valence-corrected chi connectivity index (χ3v) is 4.19. The van der Waals surface area contributed by atoms with Gasteiger partial charge in [0, 0.05) is 15.5 Å². The predicted molar refractivity (Wildman–Crippen MR) is 83.8 cm³/mol. The van der Waals surface area contributed by atoms with Crippen molar-refractivity contribution >= 4 is 40.1 Å². The largest absolute Gasteiger partial charge is 0.255 e. The molecule has 4 heteroatoms. The second kappa shape index (κ2) is 6.90. The number of halogens is 2.